The number of carbonyl (C=O) groups is 2. The smallest absolute Gasteiger partial charge is 0.265 e. The van der Waals surface area contributed by atoms with Crippen LogP contribution in [0.3, 0.4) is 0 Å². The van der Waals surface area contributed by atoms with Crippen LogP contribution < -0.4 is 15.0 Å². The van der Waals surface area contributed by atoms with Gasteiger partial charge in [-0.15, -0.1) is 0 Å². The fourth-order valence-electron chi connectivity index (χ4n) is 2.76. The molecule has 0 saturated carbocycles. The zero-order chi connectivity index (χ0) is 18.7. The van der Waals surface area contributed by atoms with Gasteiger partial charge in [0.15, 0.2) is 6.61 Å². The van der Waals surface area contributed by atoms with Gasteiger partial charge < -0.3 is 15.0 Å². The molecule has 0 spiro atoms. The molecule has 5 nitrogen and oxygen atoms in total. The summed E-state index contributed by atoms with van der Waals surface area (Å²) in [6.07, 6.45) is 0.496. The van der Waals surface area contributed by atoms with E-state index < -0.39 is 17.5 Å². The van der Waals surface area contributed by atoms with Crippen LogP contribution >= 0.6 is 0 Å². The van der Waals surface area contributed by atoms with Gasteiger partial charge in [-0.2, -0.15) is 0 Å². The highest BCUT2D eigenvalue weighted by molar-refractivity contribution is 5.98. The summed E-state index contributed by atoms with van der Waals surface area (Å²) >= 11 is 0. The summed E-state index contributed by atoms with van der Waals surface area (Å²) < 4.78 is 31.8. The quantitative estimate of drug-likeness (QED) is 0.889. The molecule has 2 aromatic rings. The van der Waals surface area contributed by atoms with E-state index in [1.165, 1.54) is 6.07 Å². The van der Waals surface area contributed by atoms with Crippen molar-refractivity contribution in [3.05, 3.63) is 53.6 Å². The van der Waals surface area contributed by atoms with Crippen LogP contribution in [-0.2, 0) is 9.59 Å². The van der Waals surface area contributed by atoms with Crippen LogP contribution in [0.1, 0.15) is 18.4 Å². The predicted octanol–water partition coefficient (Wildman–Crippen LogP) is 3.42. The van der Waals surface area contributed by atoms with Crippen LogP contribution in [0.4, 0.5) is 20.2 Å². The second-order valence-electron chi connectivity index (χ2n) is 6.08. The van der Waals surface area contributed by atoms with Gasteiger partial charge in [-0.25, -0.2) is 8.78 Å². The number of amides is 2. The number of aryl methyl sites for hydroxylation is 1. The zero-order valence-corrected chi connectivity index (χ0v) is 14.2. The normalized spacial score (nSPS) is 13.2. The van der Waals surface area contributed by atoms with Gasteiger partial charge in [0.25, 0.3) is 5.91 Å². The summed E-state index contributed by atoms with van der Waals surface area (Å²) in [6, 6.07) is 8.53. The highest BCUT2D eigenvalue weighted by Gasteiger charge is 2.25. The third kappa shape index (κ3) is 3.99. The Morgan fingerprint density at radius 1 is 1.23 bits per heavy atom. The molecule has 1 aliphatic heterocycles. The molecule has 0 atom stereocenters. The van der Waals surface area contributed by atoms with Crippen molar-refractivity contribution in [2.75, 3.05) is 23.4 Å². The molecular weight excluding hydrogens is 342 g/mol. The number of benzene rings is 2. The maximum Gasteiger partial charge on any atom is 0.265 e. The van der Waals surface area contributed by atoms with E-state index in [1.807, 2.05) is 25.1 Å². The summed E-state index contributed by atoms with van der Waals surface area (Å²) in [5.41, 5.74) is 1.61. The average Bonchev–Trinajstić information content (AvgIpc) is 2.59. The Hall–Kier alpha value is -2.96. The second kappa shape index (κ2) is 7.51. The number of hydrogen-bond donors (Lipinski definition) is 1. The molecule has 0 saturated heterocycles. The minimum absolute atomic E-state index is 0.0386. The molecule has 0 aromatic heterocycles. The van der Waals surface area contributed by atoms with Crippen LogP contribution in [-0.4, -0.2) is 25.0 Å². The molecule has 3 rings (SSSR count). The summed E-state index contributed by atoms with van der Waals surface area (Å²) in [7, 11) is 0. The predicted molar refractivity (Wildman–Crippen MR) is 93.2 cm³/mol. The Balaban J connectivity index is 1.58. The van der Waals surface area contributed by atoms with Gasteiger partial charge in [0.2, 0.25) is 5.91 Å². The molecule has 0 fully saturated rings. The van der Waals surface area contributed by atoms with E-state index in [2.05, 4.69) is 5.32 Å². The molecule has 1 aliphatic rings. The standard InChI is InChI=1S/C19H18F2N2O3/c1-12-4-7-17-16(9-12)23(19(25)11-26-17)8-2-3-18(24)22-15-6-5-13(20)10-14(15)21/h4-7,9-10H,2-3,8,11H2,1H3,(H,22,24). The number of anilines is 2. The van der Waals surface area contributed by atoms with Crippen molar-refractivity contribution in [3.63, 3.8) is 0 Å². The lowest BCUT2D eigenvalue weighted by Crippen LogP contribution is -2.39. The Labute approximate surface area is 149 Å². The molecule has 0 unspecified atom stereocenters. The number of hydrogen-bond acceptors (Lipinski definition) is 3. The van der Waals surface area contributed by atoms with Crippen molar-refractivity contribution in [2.24, 2.45) is 0 Å². The maximum atomic E-state index is 13.6. The number of nitrogens with one attached hydrogen (secondary N) is 1. The molecule has 2 aromatic carbocycles. The lowest BCUT2D eigenvalue weighted by Gasteiger charge is -2.29. The topological polar surface area (TPSA) is 58.6 Å². The summed E-state index contributed by atoms with van der Waals surface area (Å²) in [6.45, 7) is 2.23. The molecular formula is C19H18F2N2O3. The summed E-state index contributed by atoms with van der Waals surface area (Å²) in [4.78, 5) is 25.7. The van der Waals surface area contributed by atoms with E-state index in [-0.39, 0.29) is 24.6 Å². The molecule has 0 bridgehead atoms. The lowest BCUT2D eigenvalue weighted by atomic mass is 10.1. The molecule has 7 heteroatoms. The number of halogens is 2. The first-order valence-corrected chi connectivity index (χ1v) is 8.23. The molecule has 1 heterocycles. The Kier molecular flexibility index (Phi) is 5.16. The molecule has 0 aliphatic carbocycles. The highest BCUT2D eigenvalue weighted by atomic mass is 19.1. The zero-order valence-electron chi connectivity index (χ0n) is 14.2. The molecule has 136 valence electrons. The Morgan fingerprint density at radius 3 is 2.81 bits per heavy atom. The van der Waals surface area contributed by atoms with Crippen molar-refractivity contribution >= 4 is 23.2 Å². The first-order valence-electron chi connectivity index (χ1n) is 8.23. The minimum Gasteiger partial charge on any atom is -0.482 e. The third-order valence-electron chi connectivity index (χ3n) is 4.05. The number of carbonyl (C=O) groups excluding carboxylic acids is 2. The average molecular weight is 360 g/mol. The van der Waals surface area contributed by atoms with E-state index >= 15 is 0 Å². The van der Waals surface area contributed by atoms with Gasteiger partial charge in [-0.05, 0) is 43.2 Å². The van der Waals surface area contributed by atoms with Crippen LogP contribution in [0.5, 0.6) is 5.75 Å². The van der Waals surface area contributed by atoms with Gasteiger partial charge in [0.05, 0.1) is 11.4 Å². The molecule has 1 N–H and O–H groups in total. The number of fused-ring (bicyclic) bond motifs is 1. The maximum absolute atomic E-state index is 13.6. The van der Waals surface area contributed by atoms with E-state index in [0.717, 1.165) is 11.6 Å². The molecule has 0 radical (unpaired) electrons. The first kappa shape index (κ1) is 17.8. The van der Waals surface area contributed by atoms with Crippen molar-refractivity contribution in [1.82, 2.24) is 0 Å². The fraction of sp³-hybridized carbons (Fsp3) is 0.263. The second-order valence-corrected chi connectivity index (χ2v) is 6.08. The largest absolute Gasteiger partial charge is 0.482 e. The van der Waals surface area contributed by atoms with Gasteiger partial charge in [-0.1, -0.05) is 6.07 Å². The van der Waals surface area contributed by atoms with Gasteiger partial charge in [-0.3, -0.25) is 9.59 Å². The van der Waals surface area contributed by atoms with E-state index in [1.54, 1.807) is 4.90 Å². The SMILES string of the molecule is Cc1ccc2c(c1)N(CCCC(=O)Nc1ccc(F)cc1F)C(=O)CO2. The first-order chi connectivity index (χ1) is 12.4. The van der Waals surface area contributed by atoms with Crippen molar-refractivity contribution in [3.8, 4) is 5.75 Å². The lowest BCUT2D eigenvalue weighted by molar-refractivity contribution is -0.121. The van der Waals surface area contributed by atoms with Crippen molar-refractivity contribution in [2.45, 2.75) is 19.8 Å². The summed E-state index contributed by atoms with van der Waals surface area (Å²) in [5, 5.41) is 2.41. The number of rotatable bonds is 5. The highest BCUT2D eigenvalue weighted by Crippen LogP contribution is 2.33. The van der Waals surface area contributed by atoms with E-state index in [0.29, 0.717) is 30.5 Å². The third-order valence-corrected chi connectivity index (χ3v) is 4.05. The minimum atomic E-state index is -0.828. The monoisotopic (exact) mass is 360 g/mol. The van der Waals surface area contributed by atoms with Gasteiger partial charge >= 0.3 is 0 Å². The summed E-state index contributed by atoms with van der Waals surface area (Å²) in [5.74, 6) is -1.48. The van der Waals surface area contributed by atoms with Crippen molar-refractivity contribution < 1.29 is 23.1 Å². The number of ether oxygens (including phenoxy) is 1. The van der Waals surface area contributed by atoms with E-state index in [9.17, 15) is 18.4 Å². The van der Waals surface area contributed by atoms with Crippen LogP contribution in [0.2, 0.25) is 0 Å². The number of nitrogens with zero attached hydrogens (tertiary/aromatic N) is 1. The Morgan fingerprint density at radius 2 is 2.04 bits per heavy atom. The van der Waals surface area contributed by atoms with Crippen molar-refractivity contribution in [1.29, 1.82) is 0 Å². The molecule has 2 amide bonds. The Bertz CT molecular complexity index is 855. The van der Waals surface area contributed by atoms with Gasteiger partial charge in [0, 0.05) is 19.0 Å². The van der Waals surface area contributed by atoms with Gasteiger partial charge in [0.1, 0.15) is 17.4 Å². The fourth-order valence-corrected chi connectivity index (χ4v) is 2.76. The van der Waals surface area contributed by atoms with Crippen LogP contribution in [0.25, 0.3) is 0 Å². The van der Waals surface area contributed by atoms with Crippen LogP contribution in [0, 0.1) is 18.6 Å². The van der Waals surface area contributed by atoms with Crippen LogP contribution in [0.15, 0.2) is 36.4 Å². The molecule has 26 heavy (non-hydrogen) atoms. The van der Waals surface area contributed by atoms with E-state index in [4.69, 9.17) is 4.74 Å².